The molecule has 0 unspecified atom stereocenters. The molecule has 0 atom stereocenters. The van der Waals surface area contributed by atoms with Crippen LogP contribution in [0.4, 0.5) is 0 Å². The number of aliphatic imine (C=N–C) groups is 1. The Hall–Kier alpha value is -1.67. The third-order valence-electron chi connectivity index (χ3n) is 3.69. The molecule has 2 aromatic rings. The fourth-order valence-corrected chi connectivity index (χ4v) is 2.53. The van der Waals surface area contributed by atoms with Gasteiger partial charge in [0.05, 0.1) is 13.7 Å². The van der Waals surface area contributed by atoms with Crippen LogP contribution < -0.4 is 15.4 Å². The molecule has 0 aliphatic heterocycles. The normalized spacial score (nSPS) is 10.8. The number of nitrogens with one attached hydrogen (secondary N) is 2. The predicted octanol–water partition coefficient (Wildman–Crippen LogP) is 3.97. The van der Waals surface area contributed by atoms with Gasteiger partial charge in [0, 0.05) is 24.2 Å². The fraction of sp³-hybridized carbons (Fsp3) is 0.316. The molecule has 0 amide bonds. The molecule has 142 valence electrons. The first-order chi connectivity index (χ1) is 12.1. The van der Waals surface area contributed by atoms with Gasteiger partial charge in [-0.1, -0.05) is 35.9 Å². The SMILES string of the molecule is CCNC(=NCc1ccccc1Cl)NCCc1ccc(OC)cc1O.I. The summed E-state index contributed by atoms with van der Waals surface area (Å²) in [7, 11) is 1.58. The lowest BCUT2D eigenvalue weighted by atomic mass is 10.1. The number of nitrogens with zero attached hydrogens (tertiary/aromatic N) is 1. The van der Waals surface area contributed by atoms with Crippen LogP contribution >= 0.6 is 35.6 Å². The monoisotopic (exact) mass is 489 g/mol. The van der Waals surface area contributed by atoms with Gasteiger partial charge in [0.2, 0.25) is 0 Å². The van der Waals surface area contributed by atoms with Crippen LogP contribution in [-0.4, -0.2) is 31.3 Å². The van der Waals surface area contributed by atoms with Crippen molar-refractivity contribution in [1.29, 1.82) is 0 Å². The number of methoxy groups -OCH3 is 1. The van der Waals surface area contributed by atoms with E-state index in [9.17, 15) is 5.11 Å². The van der Waals surface area contributed by atoms with Crippen LogP contribution in [-0.2, 0) is 13.0 Å². The Labute approximate surface area is 176 Å². The zero-order valence-electron chi connectivity index (χ0n) is 15.0. The number of rotatable bonds is 7. The van der Waals surface area contributed by atoms with Crippen molar-refractivity contribution in [2.24, 2.45) is 4.99 Å². The smallest absolute Gasteiger partial charge is 0.191 e. The van der Waals surface area contributed by atoms with E-state index >= 15 is 0 Å². The van der Waals surface area contributed by atoms with E-state index in [2.05, 4.69) is 15.6 Å². The van der Waals surface area contributed by atoms with Gasteiger partial charge in [-0.25, -0.2) is 4.99 Å². The van der Waals surface area contributed by atoms with E-state index in [1.165, 1.54) is 0 Å². The van der Waals surface area contributed by atoms with E-state index in [0.29, 0.717) is 30.3 Å². The highest BCUT2D eigenvalue weighted by molar-refractivity contribution is 14.0. The lowest BCUT2D eigenvalue weighted by Gasteiger charge is -2.12. The number of hydrogen-bond donors (Lipinski definition) is 3. The second-order valence-corrected chi connectivity index (χ2v) is 5.87. The molecule has 2 aromatic carbocycles. The molecule has 0 aliphatic rings. The van der Waals surface area contributed by atoms with Crippen LogP contribution in [0.3, 0.4) is 0 Å². The summed E-state index contributed by atoms with van der Waals surface area (Å²) in [6.07, 6.45) is 0.673. The van der Waals surface area contributed by atoms with Crippen LogP contribution in [0.2, 0.25) is 5.02 Å². The molecule has 2 rings (SSSR count). The summed E-state index contributed by atoms with van der Waals surface area (Å²) in [6, 6.07) is 13.0. The summed E-state index contributed by atoms with van der Waals surface area (Å²) in [5.41, 5.74) is 1.84. The number of guanidine groups is 1. The minimum Gasteiger partial charge on any atom is -0.508 e. The van der Waals surface area contributed by atoms with Gasteiger partial charge in [0.15, 0.2) is 5.96 Å². The summed E-state index contributed by atoms with van der Waals surface area (Å²) in [5.74, 6) is 1.60. The van der Waals surface area contributed by atoms with Crippen molar-refractivity contribution in [3.8, 4) is 11.5 Å². The number of ether oxygens (including phenoxy) is 1. The quantitative estimate of drug-likeness (QED) is 0.313. The van der Waals surface area contributed by atoms with Crippen LogP contribution in [0.25, 0.3) is 0 Å². The first kappa shape index (κ1) is 22.4. The molecule has 0 heterocycles. The Morgan fingerprint density at radius 3 is 2.58 bits per heavy atom. The molecule has 0 fully saturated rings. The van der Waals surface area contributed by atoms with Crippen molar-refractivity contribution in [2.45, 2.75) is 19.9 Å². The van der Waals surface area contributed by atoms with Crippen LogP contribution in [0.1, 0.15) is 18.1 Å². The zero-order valence-corrected chi connectivity index (χ0v) is 18.0. The highest BCUT2D eigenvalue weighted by Crippen LogP contribution is 2.23. The number of benzene rings is 2. The van der Waals surface area contributed by atoms with E-state index in [4.69, 9.17) is 16.3 Å². The number of phenols is 1. The van der Waals surface area contributed by atoms with Crippen LogP contribution in [0.15, 0.2) is 47.5 Å². The molecular weight excluding hydrogens is 465 g/mol. The Morgan fingerprint density at radius 1 is 1.15 bits per heavy atom. The third kappa shape index (κ3) is 6.92. The number of hydrogen-bond acceptors (Lipinski definition) is 3. The topological polar surface area (TPSA) is 65.9 Å². The van der Waals surface area contributed by atoms with E-state index in [0.717, 1.165) is 23.6 Å². The molecule has 0 saturated heterocycles. The van der Waals surface area contributed by atoms with Gasteiger partial charge in [-0.3, -0.25) is 0 Å². The Kier molecular flexibility index (Phi) is 10.2. The van der Waals surface area contributed by atoms with Crippen LogP contribution in [0.5, 0.6) is 11.5 Å². The Morgan fingerprint density at radius 2 is 1.92 bits per heavy atom. The summed E-state index contributed by atoms with van der Waals surface area (Å²) in [6.45, 7) is 3.93. The highest BCUT2D eigenvalue weighted by atomic mass is 127. The maximum absolute atomic E-state index is 10.0. The van der Waals surface area contributed by atoms with Crippen molar-refractivity contribution < 1.29 is 9.84 Å². The van der Waals surface area contributed by atoms with Gasteiger partial charge >= 0.3 is 0 Å². The largest absolute Gasteiger partial charge is 0.508 e. The highest BCUT2D eigenvalue weighted by Gasteiger charge is 2.04. The van der Waals surface area contributed by atoms with Gasteiger partial charge in [-0.15, -0.1) is 24.0 Å². The molecule has 0 spiro atoms. The summed E-state index contributed by atoms with van der Waals surface area (Å²) < 4.78 is 5.09. The number of halogens is 2. The van der Waals surface area contributed by atoms with Crippen molar-refractivity contribution in [1.82, 2.24) is 10.6 Å². The predicted molar refractivity (Wildman–Crippen MR) is 118 cm³/mol. The Bertz CT molecular complexity index is 726. The summed E-state index contributed by atoms with van der Waals surface area (Å²) in [5, 5.41) is 17.2. The minimum absolute atomic E-state index is 0. The van der Waals surface area contributed by atoms with E-state index < -0.39 is 0 Å². The molecule has 0 radical (unpaired) electrons. The average molecular weight is 490 g/mol. The molecule has 26 heavy (non-hydrogen) atoms. The maximum Gasteiger partial charge on any atom is 0.191 e. The molecule has 5 nitrogen and oxygen atoms in total. The van der Waals surface area contributed by atoms with Crippen molar-refractivity contribution in [3.05, 3.63) is 58.6 Å². The van der Waals surface area contributed by atoms with E-state index in [1.54, 1.807) is 13.2 Å². The van der Waals surface area contributed by atoms with Gasteiger partial charge in [0.1, 0.15) is 11.5 Å². The summed E-state index contributed by atoms with van der Waals surface area (Å²) >= 11 is 6.16. The van der Waals surface area contributed by atoms with Gasteiger partial charge in [0.25, 0.3) is 0 Å². The lowest BCUT2D eigenvalue weighted by molar-refractivity contribution is 0.406. The zero-order chi connectivity index (χ0) is 18.1. The molecule has 0 aliphatic carbocycles. The van der Waals surface area contributed by atoms with Gasteiger partial charge < -0.3 is 20.5 Å². The summed E-state index contributed by atoms with van der Waals surface area (Å²) in [4.78, 5) is 4.55. The molecule has 0 saturated carbocycles. The molecule has 3 N–H and O–H groups in total. The second kappa shape index (κ2) is 11.9. The Balaban J connectivity index is 0.00000338. The maximum atomic E-state index is 10.0. The van der Waals surface area contributed by atoms with Crippen molar-refractivity contribution in [2.75, 3.05) is 20.2 Å². The van der Waals surface area contributed by atoms with Crippen LogP contribution in [0, 0.1) is 0 Å². The minimum atomic E-state index is 0. The van der Waals surface area contributed by atoms with E-state index in [1.807, 2.05) is 43.3 Å². The third-order valence-corrected chi connectivity index (χ3v) is 4.06. The van der Waals surface area contributed by atoms with E-state index in [-0.39, 0.29) is 29.7 Å². The molecule has 7 heteroatoms. The standard InChI is InChI=1S/C19H24ClN3O2.HI/c1-3-21-19(23-13-15-6-4-5-7-17(15)20)22-11-10-14-8-9-16(25-2)12-18(14)24;/h4-9,12,24H,3,10-11,13H2,1-2H3,(H2,21,22,23);1H. The van der Waals surface area contributed by atoms with Crippen molar-refractivity contribution in [3.63, 3.8) is 0 Å². The molecule has 0 bridgehead atoms. The fourth-order valence-electron chi connectivity index (χ4n) is 2.33. The number of phenolic OH excluding ortho intramolecular Hbond substituents is 1. The second-order valence-electron chi connectivity index (χ2n) is 5.46. The lowest BCUT2D eigenvalue weighted by Crippen LogP contribution is -2.38. The first-order valence-electron chi connectivity index (χ1n) is 8.25. The average Bonchev–Trinajstić information content (AvgIpc) is 2.62. The number of aromatic hydroxyl groups is 1. The first-order valence-corrected chi connectivity index (χ1v) is 8.63. The van der Waals surface area contributed by atoms with Crippen molar-refractivity contribution >= 4 is 41.5 Å². The molecule has 0 aromatic heterocycles. The van der Waals surface area contributed by atoms with Gasteiger partial charge in [-0.05, 0) is 36.6 Å². The molecular formula is C19H25ClIN3O2. The van der Waals surface area contributed by atoms with Gasteiger partial charge in [-0.2, -0.15) is 0 Å².